The molecule has 0 atom stereocenters. The van der Waals surface area contributed by atoms with Crippen molar-refractivity contribution in [2.24, 2.45) is 5.73 Å². The minimum Gasteiger partial charge on any atom is -0.422 e. The molecule has 2 heterocycles. The molecule has 7 heteroatoms. The predicted molar refractivity (Wildman–Crippen MR) is 111 cm³/mol. The van der Waals surface area contributed by atoms with Crippen LogP contribution in [0.2, 0.25) is 0 Å². The van der Waals surface area contributed by atoms with Crippen LogP contribution >= 0.6 is 0 Å². The summed E-state index contributed by atoms with van der Waals surface area (Å²) in [6.45, 7) is 1.72. The van der Waals surface area contributed by atoms with E-state index in [0.717, 1.165) is 38.0 Å². The summed E-state index contributed by atoms with van der Waals surface area (Å²) in [6.07, 6.45) is 3.27. The summed E-state index contributed by atoms with van der Waals surface area (Å²) in [4.78, 5) is 39.0. The standard InChI is InChI=1S/C22H21N3O4/c23-20(26)15-8-9-18(25-10-4-1-5-11-25)17(13-15)24-21(27)16-12-14-6-2-3-7-19(14)29-22(16)28/h2-3,6-9,12-13H,1,4-5,10-11H2,(H2,23,26)(H,24,27). The van der Waals surface area contributed by atoms with Gasteiger partial charge in [0.25, 0.3) is 5.91 Å². The van der Waals surface area contributed by atoms with E-state index >= 15 is 0 Å². The van der Waals surface area contributed by atoms with Crippen LogP contribution in [-0.2, 0) is 0 Å². The molecule has 2 aromatic carbocycles. The van der Waals surface area contributed by atoms with Gasteiger partial charge in [0.05, 0.1) is 11.4 Å². The van der Waals surface area contributed by atoms with Crippen LogP contribution in [0, 0.1) is 0 Å². The summed E-state index contributed by atoms with van der Waals surface area (Å²) in [5, 5.41) is 3.43. The van der Waals surface area contributed by atoms with Gasteiger partial charge >= 0.3 is 5.63 Å². The van der Waals surface area contributed by atoms with E-state index in [0.29, 0.717) is 16.7 Å². The van der Waals surface area contributed by atoms with E-state index in [1.54, 1.807) is 42.5 Å². The molecule has 0 radical (unpaired) electrons. The Kier molecular flexibility index (Phi) is 5.03. The fourth-order valence-electron chi connectivity index (χ4n) is 3.61. The molecule has 1 aliphatic heterocycles. The topological polar surface area (TPSA) is 106 Å². The van der Waals surface area contributed by atoms with Crippen LogP contribution in [0.1, 0.15) is 40.0 Å². The highest BCUT2D eigenvalue weighted by Gasteiger charge is 2.20. The number of hydrogen-bond donors (Lipinski definition) is 2. The molecule has 3 aromatic rings. The molecule has 7 nitrogen and oxygen atoms in total. The Labute approximate surface area is 167 Å². The van der Waals surface area contributed by atoms with E-state index in [1.165, 1.54) is 6.07 Å². The van der Waals surface area contributed by atoms with Gasteiger partial charge in [-0.3, -0.25) is 9.59 Å². The van der Waals surface area contributed by atoms with E-state index in [4.69, 9.17) is 10.2 Å². The number of fused-ring (bicyclic) bond motifs is 1. The highest BCUT2D eigenvalue weighted by atomic mass is 16.4. The second-order valence-corrected chi connectivity index (χ2v) is 7.08. The van der Waals surface area contributed by atoms with Gasteiger partial charge in [-0.15, -0.1) is 0 Å². The van der Waals surface area contributed by atoms with Crippen LogP contribution in [0.3, 0.4) is 0 Å². The monoisotopic (exact) mass is 391 g/mol. The largest absolute Gasteiger partial charge is 0.422 e. The average molecular weight is 391 g/mol. The predicted octanol–water partition coefficient (Wildman–Crippen LogP) is 3.13. The molecule has 1 saturated heterocycles. The van der Waals surface area contributed by atoms with Gasteiger partial charge in [0.15, 0.2) is 0 Å². The van der Waals surface area contributed by atoms with Gasteiger partial charge in [-0.2, -0.15) is 0 Å². The number of para-hydroxylation sites is 1. The first-order valence-corrected chi connectivity index (χ1v) is 9.56. The molecule has 0 aliphatic carbocycles. The van der Waals surface area contributed by atoms with Gasteiger partial charge in [0.2, 0.25) is 5.91 Å². The fourth-order valence-corrected chi connectivity index (χ4v) is 3.61. The van der Waals surface area contributed by atoms with Crippen LogP contribution in [0.25, 0.3) is 11.0 Å². The molecule has 0 spiro atoms. The molecule has 29 heavy (non-hydrogen) atoms. The zero-order chi connectivity index (χ0) is 20.4. The third kappa shape index (κ3) is 3.85. The molecule has 2 amide bonds. The summed E-state index contributed by atoms with van der Waals surface area (Å²) < 4.78 is 5.26. The van der Waals surface area contributed by atoms with Crippen molar-refractivity contribution < 1.29 is 14.0 Å². The quantitative estimate of drug-likeness (QED) is 0.665. The normalized spacial score (nSPS) is 14.0. The SMILES string of the molecule is NC(=O)c1ccc(N2CCCCC2)c(NC(=O)c2cc3ccccc3oc2=O)c1. The number of nitrogens with two attached hydrogens (primary N) is 1. The molecule has 4 rings (SSSR count). The minimum absolute atomic E-state index is 0.0993. The lowest BCUT2D eigenvalue weighted by Crippen LogP contribution is -2.31. The van der Waals surface area contributed by atoms with Crippen molar-refractivity contribution >= 4 is 34.2 Å². The molecule has 1 aliphatic rings. The Bertz CT molecular complexity index is 1150. The number of piperidine rings is 1. The number of carbonyl (C=O) groups is 2. The average Bonchev–Trinajstić information content (AvgIpc) is 2.73. The third-order valence-electron chi connectivity index (χ3n) is 5.11. The van der Waals surface area contributed by atoms with E-state index < -0.39 is 17.4 Å². The number of benzene rings is 2. The summed E-state index contributed by atoms with van der Waals surface area (Å²) in [6, 6.07) is 13.5. The Morgan fingerprint density at radius 2 is 1.76 bits per heavy atom. The van der Waals surface area contributed by atoms with Crippen LogP contribution in [0.4, 0.5) is 11.4 Å². The van der Waals surface area contributed by atoms with Crippen molar-refractivity contribution in [1.29, 1.82) is 0 Å². The summed E-state index contributed by atoms with van der Waals surface area (Å²) in [7, 11) is 0. The summed E-state index contributed by atoms with van der Waals surface area (Å²) >= 11 is 0. The zero-order valence-electron chi connectivity index (χ0n) is 15.8. The lowest BCUT2D eigenvalue weighted by atomic mass is 10.1. The molecule has 0 bridgehead atoms. The first kappa shape index (κ1) is 18.7. The van der Waals surface area contributed by atoms with Crippen molar-refractivity contribution in [2.45, 2.75) is 19.3 Å². The fraction of sp³-hybridized carbons (Fsp3) is 0.227. The Morgan fingerprint density at radius 3 is 2.52 bits per heavy atom. The third-order valence-corrected chi connectivity index (χ3v) is 5.11. The maximum absolute atomic E-state index is 12.9. The number of primary amides is 1. The van der Waals surface area contributed by atoms with Crippen molar-refractivity contribution in [1.82, 2.24) is 0 Å². The zero-order valence-corrected chi connectivity index (χ0v) is 15.8. The molecule has 1 fully saturated rings. The number of nitrogens with zero attached hydrogens (tertiary/aromatic N) is 1. The number of hydrogen-bond acceptors (Lipinski definition) is 5. The first-order chi connectivity index (χ1) is 14.0. The lowest BCUT2D eigenvalue weighted by Gasteiger charge is -2.30. The van der Waals surface area contributed by atoms with Gasteiger partial charge in [-0.1, -0.05) is 18.2 Å². The van der Waals surface area contributed by atoms with Gasteiger partial charge < -0.3 is 20.4 Å². The van der Waals surface area contributed by atoms with E-state index in [2.05, 4.69) is 10.2 Å². The molecule has 148 valence electrons. The number of amides is 2. The van der Waals surface area contributed by atoms with Crippen LogP contribution in [-0.4, -0.2) is 24.9 Å². The molecule has 0 unspecified atom stereocenters. The Morgan fingerprint density at radius 1 is 1.00 bits per heavy atom. The van der Waals surface area contributed by atoms with E-state index in [-0.39, 0.29) is 11.1 Å². The first-order valence-electron chi connectivity index (χ1n) is 9.56. The van der Waals surface area contributed by atoms with Gasteiger partial charge in [-0.25, -0.2) is 4.79 Å². The van der Waals surface area contributed by atoms with Crippen LogP contribution < -0.4 is 21.6 Å². The maximum Gasteiger partial charge on any atom is 0.349 e. The number of rotatable bonds is 4. The highest BCUT2D eigenvalue weighted by molar-refractivity contribution is 6.08. The minimum atomic E-state index is -0.716. The van der Waals surface area contributed by atoms with Gasteiger partial charge in [0, 0.05) is 24.0 Å². The van der Waals surface area contributed by atoms with E-state index in [9.17, 15) is 14.4 Å². The van der Waals surface area contributed by atoms with Gasteiger partial charge in [-0.05, 0) is 49.6 Å². The van der Waals surface area contributed by atoms with Crippen LogP contribution in [0.5, 0.6) is 0 Å². The molecule has 1 aromatic heterocycles. The van der Waals surface area contributed by atoms with E-state index in [1.807, 2.05) is 0 Å². The molecule has 3 N–H and O–H groups in total. The van der Waals surface area contributed by atoms with Crippen molar-refractivity contribution in [2.75, 3.05) is 23.3 Å². The second-order valence-electron chi connectivity index (χ2n) is 7.08. The number of nitrogens with one attached hydrogen (secondary N) is 1. The lowest BCUT2D eigenvalue weighted by molar-refractivity contribution is 0.0995. The van der Waals surface area contributed by atoms with Gasteiger partial charge in [0.1, 0.15) is 11.1 Å². The Balaban J connectivity index is 1.71. The summed E-state index contributed by atoms with van der Waals surface area (Å²) in [5.74, 6) is -1.18. The second kappa shape index (κ2) is 7.79. The maximum atomic E-state index is 12.9. The number of anilines is 2. The summed E-state index contributed by atoms with van der Waals surface area (Å²) in [5.41, 5.74) is 6.54. The van der Waals surface area contributed by atoms with Crippen molar-refractivity contribution in [3.05, 3.63) is 70.1 Å². The smallest absolute Gasteiger partial charge is 0.349 e. The molecular weight excluding hydrogens is 370 g/mol. The van der Waals surface area contributed by atoms with Crippen molar-refractivity contribution in [3.8, 4) is 0 Å². The molecule has 0 saturated carbocycles. The van der Waals surface area contributed by atoms with Crippen molar-refractivity contribution in [3.63, 3.8) is 0 Å². The Hall–Kier alpha value is -3.61. The highest BCUT2D eigenvalue weighted by Crippen LogP contribution is 2.30. The number of carbonyl (C=O) groups excluding carboxylic acids is 2. The van der Waals surface area contributed by atoms with Crippen LogP contribution in [0.15, 0.2) is 57.7 Å². The molecular formula is C22H21N3O4.